The third-order valence-corrected chi connectivity index (χ3v) is 3.69. The van der Waals surface area contributed by atoms with Crippen LogP contribution in [0.15, 0.2) is 29.3 Å². The maximum absolute atomic E-state index is 11.6. The number of rotatable bonds is 2. The molecule has 1 aromatic heterocycles. The van der Waals surface area contributed by atoms with Gasteiger partial charge in [-0.2, -0.15) is 0 Å². The summed E-state index contributed by atoms with van der Waals surface area (Å²) < 4.78 is 23.1. The van der Waals surface area contributed by atoms with Gasteiger partial charge in [-0.25, -0.2) is 8.42 Å². The molecule has 90 valence electrons. The molecule has 0 saturated carbocycles. The molecule has 0 radical (unpaired) electrons. The second-order valence-electron chi connectivity index (χ2n) is 3.73. The van der Waals surface area contributed by atoms with Gasteiger partial charge < -0.3 is 10.3 Å². The van der Waals surface area contributed by atoms with Gasteiger partial charge in [-0.15, -0.1) is 0 Å². The van der Waals surface area contributed by atoms with Crippen molar-refractivity contribution in [1.82, 2.24) is 10.3 Å². The molecule has 17 heavy (non-hydrogen) atoms. The minimum Gasteiger partial charge on any atom is -0.359 e. The van der Waals surface area contributed by atoms with Crippen LogP contribution >= 0.6 is 0 Å². The van der Waals surface area contributed by atoms with Crippen LogP contribution in [0.25, 0.3) is 10.9 Å². The monoisotopic (exact) mass is 252 g/mol. The van der Waals surface area contributed by atoms with E-state index in [0.29, 0.717) is 16.5 Å². The predicted molar refractivity (Wildman–Crippen MR) is 64.8 cm³/mol. The molecule has 1 aromatic carbocycles. The Balaban J connectivity index is 2.78. The SMILES string of the molecule is CNC(=O)c1cccc2c(S(C)(=O)=O)c[nH]c12. The summed E-state index contributed by atoms with van der Waals surface area (Å²) >= 11 is 0. The fourth-order valence-corrected chi connectivity index (χ4v) is 2.60. The maximum Gasteiger partial charge on any atom is 0.253 e. The van der Waals surface area contributed by atoms with Crippen molar-refractivity contribution in [2.75, 3.05) is 13.3 Å². The van der Waals surface area contributed by atoms with Gasteiger partial charge >= 0.3 is 0 Å². The average Bonchev–Trinajstić information content (AvgIpc) is 2.70. The van der Waals surface area contributed by atoms with E-state index in [9.17, 15) is 13.2 Å². The normalized spacial score (nSPS) is 11.6. The van der Waals surface area contributed by atoms with E-state index in [1.807, 2.05) is 0 Å². The molecule has 0 fully saturated rings. The predicted octanol–water partition coefficient (Wildman–Crippen LogP) is 0.931. The number of sulfone groups is 1. The van der Waals surface area contributed by atoms with Crippen LogP contribution in [0.2, 0.25) is 0 Å². The molecule has 2 rings (SSSR count). The topological polar surface area (TPSA) is 79.0 Å². The molecule has 1 heterocycles. The molecule has 0 aliphatic heterocycles. The highest BCUT2D eigenvalue weighted by Crippen LogP contribution is 2.25. The van der Waals surface area contributed by atoms with Crippen LogP contribution in [-0.4, -0.2) is 32.6 Å². The quantitative estimate of drug-likeness (QED) is 0.834. The molecule has 0 atom stereocenters. The lowest BCUT2D eigenvalue weighted by atomic mass is 10.1. The minimum atomic E-state index is -3.30. The molecule has 0 spiro atoms. The number of carbonyl (C=O) groups is 1. The molecule has 5 nitrogen and oxygen atoms in total. The number of para-hydroxylation sites is 1. The highest BCUT2D eigenvalue weighted by Gasteiger charge is 2.17. The fourth-order valence-electron chi connectivity index (χ4n) is 1.76. The van der Waals surface area contributed by atoms with Crippen molar-refractivity contribution in [1.29, 1.82) is 0 Å². The molecule has 0 aliphatic rings. The molecule has 0 unspecified atom stereocenters. The van der Waals surface area contributed by atoms with E-state index in [0.717, 1.165) is 6.26 Å². The summed E-state index contributed by atoms with van der Waals surface area (Å²) in [6.45, 7) is 0. The first-order chi connectivity index (χ1) is 7.95. The number of nitrogens with one attached hydrogen (secondary N) is 2. The van der Waals surface area contributed by atoms with E-state index in [2.05, 4.69) is 10.3 Å². The van der Waals surface area contributed by atoms with Gasteiger partial charge in [-0.05, 0) is 6.07 Å². The lowest BCUT2D eigenvalue weighted by molar-refractivity contribution is 0.0964. The van der Waals surface area contributed by atoms with Gasteiger partial charge in [0.1, 0.15) is 0 Å². The van der Waals surface area contributed by atoms with Gasteiger partial charge in [0.05, 0.1) is 16.0 Å². The maximum atomic E-state index is 11.6. The Kier molecular flexibility index (Phi) is 2.66. The van der Waals surface area contributed by atoms with Gasteiger partial charge in [0.2, 0.25) is 0 Å². The first-order valence-corrected chi connectivity index (χ1v) is 6.86. The van der Waals surface area contributed by atoms with Crippen LogP contribution in [0.3, 0.4) is 0 Å². The van der Waals surface area contributed by atoms with Crippen LogP contribution in [0.1, 0.15) is 10.4 Å². The van der Waals surface area contributed by atoms with Crippen molar-refractivity contribution >= 4 is 26.6 Å². The van der Waals surface area contributed by atoms with E-state index in [1.54, 1.807) is 18.2 Å². The molecule has 1 amide bonds. The van der Waals surface area contributed by atoms with E-state index < -0.39 is 9.84 Å². The zero-order valence-corrected chi connectivity index (χ0v) is 10.3. The van der Waals surface area contributed by atoms with Gasteiger partial charge in [-0.1, -0.05) is 12.1 Å². The van der Waals surface area contributed by atoms with Crippen LogP contribution in [-0.2, 0) is 9.84 Å². The first kappa shape index (κ1) is 11.7. The Bertz CT molecular complexity index is 686. The number of aromatic nitrogens is 1. The summed E-state index contributed by atoms with van der Waals surface area (Å²) in [7, 11) is -1.77. The minimum absolute atomic E-state index is 0.207. The first-order valence-electron chi connectivity index (χ1n) is 4.97. The zero-order chi connectivity index (χ0) is 12.6. The Morgan fingerprint density at radius 3 is 2.65 bits per heavy atom. The molecule has 2 N–H and O–H groups in total. The van der Waals surface area contributed by atoms with Crippen molar-refractivity contribution in [3.8, 4) is 0 Å². The Morgan fingerprint density at radius 2 is 2.06 bits per heavy atom. The van der Waals surface area contributed by atoms with Crippen molar-refractivity contribution in [3.63, 3.8) is 0 Å². The lowest BCUT2D eigenvalue weighted by Crippen LogP contribution is -2.18. The highest BCUT2D eigenvalue weighted by atomic mass is 32.2. The summed E-state index contributed by atoms with van der Waals surface area (Å²) in [5.41, 5.74) is 0.965. The number of fused-ring (bicyclic) bond motifs is 1. The standard InChI is InChI=1S/C11H12N2O3S/c1-12-11(14)8-5-3-4-7-9(17(2,15)16)6-13-10(7)8/h3-6,13H,1-2H3,(H,12,14). The van der Waals surface area contributed by atoms with Gasteiger partial charge in [0, 0.05) is 24.9 Å². The third kappa shape index (κ3) is 1.91. The number of hydrogen-bond donors (Lipinski definition) is 2. The van der Waals surface area contributed by atoms with Crippen molar-refractivity contribution in [3.05, 3.63) is 30.0 Å². The van der Waals surface area contributed by atoms with Crippen LogP contribution in [0.4, 0.5) is 0 Å². The number of carbonyl (C=O) groups excluding carboxylic acids is 1. The summed E-state index contributed by atoms with van der Waals surface area (Å²) in [5.74, 6) is -0.252. The second-order valence-corrected chi connectivity index (χ2v) is 5.72. The van der Waals surface area contributed by atoms with Crippen LogP contribution in [0, 0.1) is 0 Å². The number of amides is 1. The second kappa shape index (κ2) is 3.89. The molecule has 2 aromatic rings. The largest absolute Gasteiger partial charge is 0.359 e. The van der Waals surface area contributed by atoms with Gasteiger partial charge in [0.25, 0.3) is 5.91 Å². The van der Waals surface area contributed by atoms with Crippen molar-refractivity contribution < 1.29 is 13.2 Å². The van der Waals surface area contributed by atoms with Crippen molar-refractivity contribution in [2.24, 2.45) is 0 Å². The molecular formula is C11H12N2O3S. The number of aromatic amines is 1. The summed E-state index contributed by atoms with van der Waals surface area (Å²) in [5, 5.41) is 3.05. The van der Waals surface area contributed by atoms with Crippen molar-refractivity contribution in [2.45, 2.75) is 4.90 Å². The lowest BCUT2D eigenvalue weighted by Gasteiger charge is -2.01. The number of H-pyrrole nitrogens is 1. The summed E-state index contributed by atoms with van der Waals surface area (Å²) in [4.78, 5) is 14.7. The van der Waals surface area contributed by atoms with E-state index in [1.165, 1.54) is 13.2 Å². The van der Waals surface area contributed by atoms with Crippen LogP contribution in [0.5, 0.6) is 0 Å². The third-order valence-electron chi connectivity index (χ3n) is 2.55. The summed E-state index contributed by atoms with van der Waals surface area (Å²) in [6.07, 6.45) is 2.55. The van der Waals surface area contributed by atoms with E-state index in [4.69, 9.17) is 0 Å². The number of hydrogen-bond acceptors (Lipinski definition) is 3. The summed E-state index contributed by atoms with van der Waals surface area (Å²) in [6, 6.07) is 4.98. The van der Waals surface area contributed by atoms with Crippen LogP contribution < -0.4 is 5.32 Å². The molecule has 0 aliphatic carbocycles. The van der Waals surface area contributed by atoms with E-state index >= 15 is 0 Å². The molecular weight excluding hydrogens is 240 g/mol. The fraction of sp³-hybridized carbons (Fsp3) is 0.182. The van der Waals surface area contributed by atoms with Gasteiger partial charge in [-0.3, -0.25) is 4.79 Å². The Hall–Kier alpha value is -1.82. The molecule has 0 saturated heterocycles. The Labute approximate surface area is 98.8 Å². The smallest absolute Gasteiger partial charge is 0.253 e. The zero-order valence-electron chi connectivity index (χ0n) is 9.44. The molecule has 6 heteroatoms. The van der Waals surface area contributed by atoms with E-state index in [-0.39, 0.29) is 10.8 Å². The highest BCUT2D eigenvalue weighted by molar-refractivity contribution is 7.91. The average molecular weight is 252 g/mol. The molecule has 0 bridgehead atoms. The Morgan fingerprint density at radius 1 is 1.35 bits per heavy atom. The number of benzene rings is 1. The van der Waals surface area contributed by atoms with Gasteiger partial charge in [0.15, 0.2) is 9.84 Å².